The summed E-state index contributed by atoms with van der Waals surface area (Å²) in [6, 6.07) is 6.80. The summed E-state index contributed by atoms with van der Waals surface area (Å²) in [6.07, 6.45) is -1.19. The monoisotopic (exact) mass is 401 g/mol. The Labute approximate surface area is 159 Å². The number of rotatable bonds is 5. The first-order valence-electron chi connectivity index (χ1n) is 7.60. The lowest BCUT2D eigenvalue weighted by atomic mass is 10.1. The van der Waals surface area contributed by atoms with E-state index in [0.29, 0.717) is 21.7 Å². The number of halogens is 4. The number of esters is 1. The lowest BCUT2D eigenvalue weighted by molar-refractivity contribution is -0.129. The van der Waals surface area contributed by atoms with Crippen molar-refractivity contribution in [2.45, 2.75) is 26.0 Å². The Morgan fingerprint density at radius 1 is 1.08 bits per heavy atom. The summed E-state index contributed by atoms with van der Waals surface area (Å²) in [5, 5.41) is 3.48. The van der Waals surface area contributed by atoms with Crippen molar-refractivity contribution in [1.29, 1.82) is 0 Å². The number of benzene rings is 2. The van der Waals surface area contributed by atoms with Gasteiger partial charge in [0.25, 0.3) is 5.91 Å². The van der Waals surface area contributed by atoms with Gasteiger partial charge in [0, 0.05) is 16.1 Å². The zero-order valence-electron chi connectivity index (χ0n) is 13.9. The molecule has 4 nitrogen and oxygen atoms in total. The summed E-state index contributed by atoms with van der Waals surface area (Å²) < 4.78 is 31.4. The van der Waals surface area contributed by atoms with Crippen LogP contribution in [0.1, 0.15) is 35.8 Å². The molecule has 0 radical (unpaired) electrons. The fourth-order valence-electron chi connectivity index (χ4n) is 2.19. The number of carbonyl (C=O) groups excluding carboxylic acids is 2. The minimum absolute atomic E-state index is 0.378. The molecule has 0 unspecified atom stereocenters. The molecule has 26 heavy (non-hydrogen) atoms. The van der Waals surface area contributed by atoms with Gasteiger partial charge in [0.05, 0.1) is 11.6 Å². The van der Waals surface area contributed by atoms with Crippen LogP contribution in [-0.2, 0) is 9.53 Å². The van der Waals surface area contributed by atoms with Crippen molar-refractivity contribution in [3.05, 3.63) is 69.2 Å². The van der Waals surface area contributed by atoms with Crippen LogP contribution in [0.3, 0.4) is 0 Å². The van der Waals surface area contributed by atoms with E-state index >= 15 is 0 Å². The average Bonchev–Trinajstić information content (AvgIpc) is 2.54. The molecule has 0 aliphatic heterocycles. The Balaban J connectivity index is 2.01. The topological polar surface area (TPSA) is 55.4 Å². The van der Waals surface area contributed by atoms with E-state index in [2.05, 4.69) is 5.32 Å². The lowest BCUT2D eigenvalue weighted by Crippen LogP contribution is -2.37. The summed E-state index contributed by atoms with van der Waals surface area (Å²) in [5.74, 6) is -3.55. The van der Waals surface area contributed by atoms with Crippen LogP contribution in [0.5, 0.6) is 0 Å². The number of nitrogens with one attached hydrogen (secondary N) is 1. The summed E-state index contributed by atoms with van der Waals surface area (Å²) in [7, 11) is 0. The second kappa shape index (κ2) is 8.47. The van der Waals surface area contributed by atoms with Crippen LogP contribution in [-0.4, -0.2) is 18.0 Å². The first-order chi connectivity index (χ1) is 12.2. The van der Waals surface area contributed by atoms with E-state index in [1.165, 1.54) is 6.92 Å². The molecule has 2 aromatic rings. The number of hydrogen-bond donors (Lipinski definition) is 1. The highest BCUT2D eigenvalue weighted by Gasteiger charge is 2.23. The van der Waals surface area contributed by atoms with Gasteiger partial charge in [-0.15, -0.1) is 0 Å². The van der Waals surface area contributed by atoms with Gasteiger partial charge in [0.1, 0.15) is 11.6 Å². The normalized spacial score (nSPS) is 13.0. The van der Waals surface area contributed by atoms with Crippen LogP contribution in [0, 0.1) is 11.6 Å². The van der Waals surface area contributed by atoms with Crippen molar-refractivity contribution in [3.63, 3.8) is 0 Å². The summed E-state index contributed by atoms with van der Waals surface area (Å²) in [6.45, 7) is 3.03. The molecule has 0 spiro atoms. The summed E-state index contributed by atoms with van der Waals surface area (Å²) >= 11 is 11.9. The van der Waals surface area contributed by atoms with Crippen molar-refractivity contribution >= 4 is 35.1 Å². The molecule has 0 saturated carbocycles. The molecule has 0 fully saturated rings. The number of carbonyl (C=O) groups is 2. The standard InChI is InChI=1S/C18H15Cl2F2NO3/c1-9(13-5-3-11(19)7-15(13)20)23-17(24)10(2)26-18(25)14-6-4-12(21)8-16(14)22/h3-10H,1-2H3,(H,23,24)/t9-,10-/m1/s1. The van der Waals surface area contributed by atoms with Crippen LogP contribution in [0.4, 0.5) is 8.78 Å². The molecule has 0 aromatic heterocycles. The first kappa shape index (κ1) is 20.1. The fourth-order valence-corrected chi connectivity index (χ4v) is 2.77. The number of amides is 1. The molecule has 0 bridgehead atoms. The van der Waals surface area contributed by atoms with Crippen molar-refractivity contribution in [2.24, 2.45) is 0 Å². The molecule has 0 aliphatic carbocycles. The van der Waals surface area contributed by atoms with Crippen molar-refractivity contribution < 1.29 is 23.1 Å². The largest absolute Gasteiger partial charge is 0.449 e. The molecule has 2 atom stereocenters. The van der Waals surface area contributed by atoms with Gasteiger partial charge in [0.15, 0.2) is 6.10 Å². The van der Waals surface area contributed by atoms with Crippen LogP contribution in [0.2, 0.25) is 10.0 Å². The van der Waals surface area contributed by atoms with Gasteiger partial charge < -0.3 is 10.1 Å². The molecule has 8 heteroatoms. The van der Waals surface area contributed by atoms with Gasteiger partial charge >= 0.3 is 5.97 Å². The highest BCUT2D eigenvalue weighted by Crippen LogP contribution is 2.26. The van der Waals surface area contributed by atoms with E-state index in [1.54, 1.807) is 25.1 Å². The zero-order chi connectivity index (χ0) is 19.4. The molecular formula is C18H15Cl2F2NO3. The van der Waals surface area contributed by atoms with E-state index in [-0.39, 0.29) is 0 Å². The van der Waals surface area contributed by atoms with Crippen molar-refractivity contribution in [2.75, 3.05) is 0 Å². The van der Waals surface area contributed by atoms with Gasteiger partial charge in [-0.2, -0.15) is 0 Å². The maximum Gasteiger partial charge on any atom is 0.341 e. The molecule has 1 amide bonds. The maximum atomic E-state index is 13.6. The lowest BCUT2D eigenvalue weighted by Gasteiger charge is -2.19. The molecule has 0 saturated heterocycles. The minimum atomic E-state index is -1.19. The van der Waals surface area contributed by atoms with E-state index in [0.717, 1.165) is 12.1 Å². The molecular weight excluding hydrogens is 387 g/mol. The third kappa shape index (κ3) is 4.93. The van der Waals surface area contributed by atoms with Gasteiger partial charge in [0.2, 0.25) is 0 Å². The highest BCUT2D eigenvalue weighted by molar-refractivity contribution is 6.35. The third-order valence-corrected chi connectivity index (χ3v) is 4.15. The van der Waals surface area contributed by atoms with Crippen LogP contribution < -0.4 is 5.32 Å². The molecule has 0 heterocycles. The van der Waals surface area contributed by atoms with Crippen molar-refractivity contribution in [1.82, 2.24) is 5.32 Å². The predicted molar refractivity (Wildman–Crippen MR) is 94.3 cm³/mol. The van der Waals surface area contributed by atoms with E-state index in [1.807, 2.05) is 0 Å². The Morgan fingerprint density at radius 2 is 1.77 bits per heavy atom. The van der Waals surface area contributed by atoms with Gasteiger partial charge in [-0.25, -0.2) is 13.6 Å². The number of ether oxygens (including phenoxy) is 1. The fraction of sp³-hybridized carbons (Fsp3) is 0.222. The Kier molecular flexibility index (Phi) is 6.56. The molecule has 1 N–H and O–H groups in total. The smallest absolute Gasteiger partial charge is 0.341 e. The predicted octanol–water partition coefficient (Wildman–Crippen LogP) is 4.69. The SMILES string of the molecule is C[C@@H](OC(=O)c1ccc(F)cc1F)C(=O)N[C@H](C)c1ccc(Cl)cc1Cl. The highest BCUT2D eigenvalue weighted by atomic mass is 35.5. The second-order valence-corrected chi connectivity index (χ2v) is 6.41. The van der Waals surface area contributed by atoms with Crippen molar-refractivity contribution in [3.8, 4) is 0 Å². The van der Waals surface area contributed by atoms with E-state index < -0.39 is 41.2 Å². The van der Waals surface area contributed by atoms with E-state index in [9.17, 15) is 18.4 Å². The quantitative estimate of drug-likeness (QED) is 0.739. The van der Waals surface area contributed by atoms with Gasteiger partial charge in [-0.05, 0) is 43.7 Å². The summed E-state index contributed by atoms with van der Waals surface area (Å²) in [4.78, 5) is 24.1. The van der Waals surface area contributed by atoms with Crippen LogP contribution >= 0.6 is 23.2 Å². The van der Waals surface area contributed by atoms with E-state index in [4.69, 9.17) is 27.9 Å². The van der Waals surface area contributed by atoms with Crippen LogP contribution in [0.15, 0.2) is 36.4 Å². The summed E-state index contributed by atoms with van der Waals surface area (Å²) in [5.41, 5.74) is 0.173. The Morgan fingerprint density at radius 3 is 2.38 bits per heavy atom. The first-order valence-corrected chi connectivity index (χ1v) is 8.36. The number of hydrogen-bond acceptors (Lipinski definition) is 3. The molecule has 2 aromatic carbocycles. The molecule has 0 aliphatic rings. The second-order valence-electron chi connectivity index (χ2n) is 5.57. The zero-order valence-corrected chi connectivity index (χ0v) is 15.4. The minimum Gasteiger partial charge on any atom is -0.449 e. The third-order valence-electron chi connectivity index (χ3n) is 3.59. The van der Waals surface area contributed by atoms with Crippen LogP contribution in [0.25, 0.3) is 0 Å². The molecule has 138 valence electrons. The Bertz CT molecular complexity index is 845. The maximum absolute atomic E-state index is 13.6. The average molecular weight is 402 g/mol. The van der Waals surface area contributed by atoms with Gasteiger partial charge in [-0.3, -0.25) is 4.79 Å². The Hall–Kier alpha value is -2.18. The molecule has 2 rings (SSSR count). The van der Waals surface area contributed by atoms with Gasteiger partial charge in [-0.1, -0.05) is 29.3 Å².